The van der Waals surface area contributed by atoms with Crippen LogP contribution in [0.2, 0.25) is 0 Å². The topological polar surface area (TPSA) is 134 Å². The molecule has 0 aliphatic heterocycles. The van der Waals surface area contributed by atoms with Crippen LogP contribution in [-0.2, 0) is 6.42 Å². The van der Waals surface area contributed by atoms with E-state index in [-0.39, 0.29) is 16.9 Å². The predicted octanol–water partition coefficient (Wildman–Crippen LogP) is 4.13. The summed E-state index contributed by atoms with van der Waals surface area (Å²) in [5.74, 6) is 5.73. The molecule has 6 aromatic rings. The van der Waals surface area contributed by atoms with Crippen molar-refractivity contribution in [2.45, 2.75) is 20.3 Å². The zero-order valence-electron chi connectivity index (χ0n) is 21.8. The fourth-order valence-corrected chi connectivity index (χ4v) is 4.88. The minimum absolute atomic E-state index is 0.0325. The summed E-state index contributed by atoms with van der Waals surface area (Å²) in [5.41, 5.74) is 14.4. The van der Waals surface area contributed by atoms with Gasteiger partial charge in [-0.1, -0.05) is 43.2 Å². The number of primary amides is 1. The average Bonchev–Trinajstić information content (AvgIpc) is 3.53. The lowest BCUT2D eigenvalue weighted by atomic mass is 10.0. The summed E-state index contributed by atoms with van der Waals surface area (Å²) >= 11 is 1.57. The van der Waals surface area contributed by atoms with E-state index in [9.17, 15) is 9.59 Å². The molecule has 0 radical (unpaired) electrons. The molecule has 0 spiro atoms. The van der Waals surface area contributed by atoms with Crippen LogP contribution < -0.4 is 17.0 Å². The molecule has 2 aromatic carbocycles. The molecule has 1 amide bonds. The molecular formula is C30H25N7O2S. The maximum absolute atomic E-state index is 13.4. The molecule has 0 saturated carbocycles. The van der Waals surface area contributed by atoms with E-state index in [0.29, 0.717) is 11.0 Å². The van der Waals surface area contributed by atoms with Crippen molar-refractivity contribution in [3.63, 3.8) is 0 Å². The standard InChI is InChI=1S/C23H18N2OS.C7H7N5O/c1-3-20-14-18-9-7-8-17(12-13-19-15-27-16(2)24-19)22(18)23(26)25(20)21-10-5-4-6-11-21;8-5-4(6(9)13)7-10-2-1-3-12(7)11-5/h4-11,14-15H,3H2,1-2H3;1-3H,(H2,8,11)(H2,9,13). The molecule has 0 unspecified atom stereocenters. The summed E-state index contributed by atoms with van der Waals surface area (Å²) in [6, 6.07) is 19.4. The second kappa shape index (κ2) is 11.2. The van der Waals surface area contributed by atoms with Crippen LogP contribution in [0, 0.1) is 18.8 Å². The number of rotatable bonds is 3. The molecule has 40 heavy (non-hydrogen) atoms. The summed E-state index contributed by atoms with van der Waals surface area (Å²) in [5, 5.41) is 8.36. The van der Waals surface area contributed by atoms with Gasteiger partial charge in [0.25, 0.3) is 11.5 Å². The van der Waals surface area contributed by atoms with Crippen molar-refractivity contribution in [1.82, 2.24) is 24.1 Å². The van der Waals surface area contributed by atoms with Gasteiger partial charge in [0, 0.05) is 34.7 Å². The van der Waals surface area contributed by atoms with Crippen LogP contribution in [0.4, 0.5) is 5.82 Å². The first-order valence-corrected chi connectivity index (χ1v) is 13.3. The third-order valence-electron chi connectivity index (χ3n) is 6.11. The monoisotopic (exact) mass is 547 g/mol. The smallest absolute Gasteiger partial charge is 0.264 e. The number of nitrogen functional groups attached to an aromatic ring is 1. The van der Waals surface area contributed by atoms with Crippen molar-refractivity contribution >= 4 is 39.5 Å². The second-order valence-electron chi connectivity index (χ2n) is 8.75. The minimum atomic E-state index is -0.619. The van der Waals surface area contributed by atoms with Gasteiger partial charge in [-0.25, -0.2) is 14.5 Å². The van der Waals surface area contributed by atoms with Gasteiger partial charge in [0.15, 0.2) is 11.5 Å². The molecule has 6 rings (SSSR count). The SMILES string of the molecule is CCc1cc2cccc(C#Cc3csc(C)n3)c2c(=O)n1-c1ccccc1.NC(=O)c1c(N)nn2cccnc12. The van der Waals surface area contributed by atoms with E-state index in [0.717, 1.165) is 39.5 Å². The number of hydrogen-bond donors (Lipinski definition) is 2. The Balaban J connectivity index is 0.000000207. The van der Waals surface area contributed by atoms with E-state index in [1.165, 1.54) is 4.52 Å². The summed E-state index contributed by atoms with van der Waals surface area (Å²) < 4.78 is 3.20. The highest BCUT2D eigenvalue weighted by molar-refractivity contribution is 7.09. The van der Waals surface area contributed by atoms with Crippen LogP contribution in [0.5, 0.6) is 0 Å². The third kappa shape index (κ3) is 5.18. The highest BCUT2D eigenvalue weighted by Crippen LogP contribution is 2.20. The Kier molecular flexibility index (Phi) is 7.39. The maximum Gasteiger partial charge on any atom is 0.264 e. The minimum Gasteiger partial charge on any atom is -0.381 e. The van der Waals surface area contributed by atoms with Crippen molar-refractivity contribution in [3.05, 3.63) is 116 Å². The number of nitrogens with two attached hydrogens (primary N) is 2. The van der Waals surface area contributed by atoms with Crippen molar-refractivity contribution in [2.24, 2.45) is 5.73 Å². The Hall–Kier alpha value is -5.27. The van der Waals surface area contributed by atoms with Gasteiger partial charge in [-0.3, -0.25) is 14.2 Å². The molecule has 4 aromatic heterocycles. The number of hydrogen-bond acceptors (Lipinski definition) is 7. The lowest BCUT2D eigenvalue weighted by Gasteiger charge is -2.14. The number of benzene rings is 2. The fraction of sp³-hybridized carbons (Fsp3) is 0.100. The molecule has 0 bridgehead atoms. The molecule has 198 valence electrons. The highest BCUT2D eigenvalue weighted by Gasteiger charge is 2.15. The highest BCUT2D eigenvalue weighted by atomic mass is 32.1. The summed E-state index contributed by atoms with van der Waals surface area (Å²) in [6.45, 7) is 4.02. The first kappa shape index (κ1) is 26.3. The summed E-state index contributed by atoms with van der Waals surface area (Å²) in [6.07, 6.45) is 3.96. The number of fused-ring (bicyclic) bond motifs is 2. The Morgan fingerprint density at radius 2 is 1.88 bits per heavy atom. The predicted molar refractivity (Wildman–Crippen MR) is 158 cm³/mol. The van der Waals surface area contributed by atoms with Crippen molar-refractivity contribution in [2.75, 3.05) is 5.73 Å². The van der Waals surface area contributed by atoms with Crippen LogP contribution in [0.3, 0.4) is 0 Å². The van der Waals surface area contributed by atoms with Gasteiger partial charge in [0.1, 0.15) is 11.3 Å². The van der Waals surface area contributed by atoms with Gasteiger partial charge < -0.3 is 11.5 Å². The fourth-order valence-electron chi connectivity index (χ4n) is 4.33. The molecule has 4 N–H and O–H groups in total. The number of anilines is 1. The number of aromatic nitrogens is 5. The normalized spacial score (nSPS) is 10.6. The molecule has 4 heterocycles. The van der Waals surface area contributed by atoms with Crippen molar-refractivity contribution < 1.29 is 4.79 Å². The Morgan fingerprint density at radius 3 is 2.58 bits per heavy atom. The van der Waals surface area contributed by atoms with E-state index in [4.69, 9.17) is 11.5 Å². The lowest BCUT2D eigenvalue weighted by molar-refractivity contribution is 0.100. The third-order valence-corrected chi connectivity index (χ3v) is 6.89. The average molecular weight is 548 g/mol. The first-order valence-electron chi connectivity index (χ1n) is 12.4. The van der Waals surface area contributed by atoms with Gasteiger partial charge in [0.2, 0.25) is 0 Å². The lowest BCUT2D eigenvalue weighted by Crippen LogP contribution is -2.22. The molecule has 0 aliphatic rings. The van der Waals surface area contributed by atoms with Gasteiger partial charge in [-0.15, -0.1) is 16.4 Å². The number of para-hydroxylation sites is 1. The number of pyridine rings is 1. The number of nitrogens with zero attached hydrogens (tertiary/aromatic N) is 5. The number of carbonyl (C=O) groups is 1. The van der Waals surface area contributed by atoms with Crippen LogP contribution in [0.15, 0.2) is 83.2 Å². The quantitative estimate of drug-likeness (QED) is 0.320. The molecule has 10 heteroatoms. The summed E-state index contributed by atoms with van der Waals surface area (Å²) in [4.78, 5) is 32.7. The number of thiazole rings is 1. The van der Waals surface area contributed by atoms with E-state index < -0.39 is 5.91 Å². The molecular weight excluding hydrogens is 522 g/mol. The van der Waals surface area contributed by atoms with Gasteiger partial charge >= 0.3 is 0 Å². The van der Waals surface area contributed by atoms with E-state index in [2.05, 4.69) is 39.9 Å². The van der Waals surface area contributed by atoms with Gasteiger partial charge in [0.05, 0.1) is 10.4 Å². The van der Waals surface area contributed by atoms with Gasteiger partial charge in [-0.2, -0.15) is 0 Å². The van der Waals surface area contributed by atoms with Crippen LogP contribution in [0.25, 0.3) is 22.1 Å². The largest absolute Gasteiger partial charge is 0.381 e. The number of aryl methyl sites for hydroxylation is 2. The Labute approximate surface area is 233 Å². The molecule has 0 saturated heterocycles. The maximum atomic E-state index is 13.4. The summed E-state index contributed by atoms with van der Waals surface area (Å²) in [7, 11) is 0. The number of amides is 1. The van der Waals surface area contributed by atoms with Crippen molar-refractivity contribution in [1.29, 1.82) is 0 Å². The van der Waals surface area contributed by atoms with E-state index >= 15 is 0 Å². The Morgan fingerprint density at radius 1 is 1.07 bits per heavy atom. The van der Waals surface area contributed by atoms with Gasteiger partial charge in [-0.05, 0) is 55.0 Å². The van der Waals surface area contributed by atoms with Crippen LogP contribution >= 0.6 is 11.3 Å². The van der Waals surface area contributed by atoms with Crippen LogP contribution in [-0.4, -0.2) is 30.1 Å². The van der Waals surface area contributed by atoms with E-state index in [1.54, 1.807) is 34.4 Å². The van der Waals surface area contributed by atoms with E-state index in [1.807, 2.05) is 60.8 Å². The first-order chi connectivity index (χ1) is 19.4. The van der Waals surface area contributed by atoms with Crippen molar-refractivity contribution in [3.8, 4) is 17.5 Å². The number of carbonyl (C=O) groups excluding carboxylic acids is 1. The molecule has 0 fully saturated rings. The molecule has 0 aliphatic carbocycles. The zero-order valence-corrected chi connectivity index (χ0v) is 22.6. The Bertz CT molecular complexity index is 1980. The van der Waals surface area contributed by atoms with Crippen LogP contribution in [0.1, 0.15) is 39.2 Å². The zero-order chi connectivity index (χ0) is 28.2. The second-order valence-corrected chi connectivity index (χ2v) is 9.81. The molecule has 0 atom stereocenters. The molecule has 9 nitrogen and oxygen atoms in total.